The van der Waals surface area contributed by atoms with Crippen LogP contribution >= 0.6 is 23.2 Å². The van der Waals surface area contributed by atoms with Crippen molar-refractivity contribution in [2.24, 2.45) is 5.92 Å². The van der Waals surface area contributed by atoms with Crippen LogP contribution < -0.4 is 19.7 Å². The van der Waals surface area contributed by atoms with Crippen molar-refractivity contribution in [2.45, 2.75) is 6.42 Å². The highest BCUT2D eigenvalue weighted by Gasteiger charge is 2.37. The molecule has 2 heterocycles. The Balaban J connectivity index is 1.49. The van der Waals surface area contributed by atoms with Gasteiger partial charge in [-0.05, 0) is 24.3 Å². The summed E-state index contributed by atoms with van der Waals surface area (Å²) in [6.45, 7) is 0.385. The smallest absolute Gasteiger partial charge is 0.231 e. The molecule has 26 heavy (non-hydrogen) atoms. The third-order valence-corrected chi connectivity index (χ3v) is 4.95. The van der Waals surface area contributed by atoms with Gasteiger partial charge in [-0.1, -0.05) is 29.3 Å². The number of rotatable bonds is 3. The van der Waals surface area contributed by atoms with E-state index in [4.69, 9.17) is 32.7 Å². The first-order chi connectivity index (χ1) is 12.5. The van der Waals surface area contributed by atoms with Crippen molar-refractivity contribution < 1.29 is 19.1 Å². The molecule has 0 saturated carbocycles. The fourth-order valence-electron chi connectivity index (χ4n) is 3.06. The van der Waals surface area contributed by atoms with Crippen LogP contribution in [0.1, 0.15) is 6.42 Å². The van der Waals surface area contributed by atoms with Crippen molar-refractivity contribution in [3.63, 3.8) is 0 Å². The quantitative estimate of drug-likeness (QED) is 0.864. The molecule has 1 fully saturated rings. The molecule has 6 nitrogen and oxygen atoms in total. The van der Waals surface area contributed by atoms with Crippen LogP contribution in [0, 0.1) is 5.92 Å². The van der Waals surface area contributed by atoms with Crippen LogP contribution in [0.4, 0.5) is 11.4 Å². The third-order valence-electron chi connectivity index (χ3n) is 4.34. The molecule has 2 aliphatic rings. The Hall–Kier alpha value is -2.44. The van der Waals surface area contributed by atoms with E-state index in [-0.39, 0.29) is 31.6 Å². The standard InChI is InChI=1S/C18H14Cl2N2O4/c19-12-2-1-3-13(20)17(12)22-8-10(6-16(22)23)18(24)21-11-4-5-14-15(7-11)26-9-25-14/h1-5,7,10H,6,8-9H2,(H,21,24). The molecule has 8 heteroatoms. The Morgan fingerprint density at radius 2 is 1.85 bits per heavy atom. The number of nitrogens with zero attached hydrogens (tertiary/aromatic N) is 1. The lowest BCUT2D eigenvalue weighted by molar-refractivity contribution is -0.122. The molecule has 0 aliphatic carbocycles. The number of hydrogen-bond donors (Lipinski definition) is 1. The zero-order valence-electron chi connectivity index (χ0n) is 13.5. The highest BCUT2D eigenvalue weighted by atomic mass is 35.5. The normalized spacial score (nSPS) is 18.3. The van der Waals surface area contributed by atoms with Gasteiger partial charge < -0.3 is 19.7 Å². The lowest BCUT2D eigenvalue weighted by Crippen LogP contribution is -2.28. The second kappa shape index (κ2) is 6.70. The minimum absolute atomic E-state index is 0.0952. The van der Waals surface area contributed by atoms with Crippen LogP contribution in [0.3, 0.4) is 0 Å². The Morgan fingerprint density at radius 3 is 2.62 bits per heavy atom. The van der Waals surface area contributed by atoms with Gasteiger partial charge in [0.1, 0.15) is 0 Å². The van der Waals surface area contributed by atoms with Crippen LogP contribution in [0.15, 0.2) is 36.4 Å². The van der Waals surface area contributed by atoms with E-state index in [1.54, 1.807) is 36.4 Å². The van der Waals surface area contributed by atoms with Crippen LogP contribution in [-0.4, -0.2) is 25.2 Å². The van der Waals surface area contributed by atoms with E-state index in [1.807, 2.05) is 0 Å². The van der Waals surface area contributed by atoms with E-state index in [9.17, 15) is 9.59 Å². The second-order valence-electron chi connectivity index (χ2n) is 6.03. The molecule has 0 aromatic heterocycles. The fourth-order valence-corrected chi connectivity index (χ4v) is 3.67. The summed E-state index contributed by atoms with van der Waals surface area (Å²) in [5, 5.41) is 3.57. The highest BCUT2D eigenvalue weighted by molar-refractivity contribution is 6.40. The first-order valence-corrected chi connectivity index (χ1v) is 8.73. The number of anilines is 2. The molecule has 2 aromatic rings. The Morgan fingerprint density at radius 1 is 1.12 bits per heavy atom. The summed E-state index contributed by atoms with van der Waals surface area (Å²) in [6, 6.07) is 10.2. The molecule has 0 radical (unpaired) electrons. The van der Waals surface area contributed by atoms with Gasteiger partial charge in [0, 0.05) is 24.7 Å². The molecule has 4 rings (SSSR count). The summed E-state index contributed by atoms with van der Waals surface area (Å²) in [4.78, 5) is 26.4. The van der Waals surface area contributed by atoms with Gasteiger partial charge in [0.2, 0.25) is 18.6 Å². The zero-order valence-corrected chi connectivity index (χ0v) is 15.0. The van der Waals surface area contributed by atoms with Gasteiger partial charge >= 0.3 is 0 Å². The molecule has 1 atom stereocenters. The van der Waals surface area contributed by atoms with Crippen LogP contribution in [0.25, 0.3) is 0 Å². The van der Waals surface area contributed by atoms with Crippen molar-refractivity contribution in [3.8, 4) is 11.5 Å². The first-order valence-electron chi connectivity index (χ1n) is 7.98. The summed E-state index contributed by atoms with van der Waals surface area (Å²) in [6.07, 6.45) is 0.0952. The topological polar surface area (TPSA) is 67.9 Å². The Labute approximate surface area is 159 Å². The predicted molar refractivity (Wildman–Crippen MR) is 98.1 cm³/mol. The van der Waals surface area contributed by atoms with E-state index in [2.05, 4.69) is 5.32 Å². The molecular weight excluding hydrogens is 379 g/mol. The Kier molecular flexibility index (Phi) is 4.38. The predicted octanol–water partition coefficient (Wildman–Crippen LogP) is 3.71. The summed E-state index contributed by atoms with van der Waals surface area (Å²) in [5.74, 6) is 0.280. The minimum atomic E-state index is -0.500. The number of carbonyl (C=O) groups excluding carboxylic acids is 2. The fraction of sp³-hybridized carbons (Fsp3) is 0.222. The van der Waals surface area contributed by atoms with Gasteiger partial charge in [0.25, 0.3) is 0 Å². The Bertz CT molecular complexity index is 883. The van der Waals surface area contributed by atoms with Gasteiger partial charge in [-0.3, -0.25) is 9.59 Å². The largest absolute Gasteiger partial charge is 0.454 e. The number of hydrogen-bond acceptors (Lipinski definition) is 4. The molecule has 0 spiro atoms. The van der Waals surface area contributed by atoms with E-state index in [0.29, 0.717) is 32.9 Å². The molecule has 1 unspecified atom stereocenters. The molecule has 1 N–H and O–H groups in total. The summed E-state index contributed by atoms with van der Waals surface area (Å²) in [7, 11) is 0. The van der Waals surface area contributed by atoms with Crippen molar-refractivity contribution >= 4 is 46.4 Å². The molecule has 2 amide bonds. The van der Waals surface area contributed by atoms with Crippen LogP contribution in [0.5, 0.6) is 11.5 Å². The van der Waals surface area contributed by atoms with Gasteiger partial charge in [-0.2, -0.15) is 0 Å². The number of amides is 2. The molecule has 134 valence electrons. The van der Waals surface area contributed by atoms with Gasteiger partial charge in [0.15, 0.2) is 11.5 Å². The summed E-state index contributed by atoms with van der Waals surface area (Å²) < 4.78 is 10.5. The lowest BCUT2D eigenvalue weighted by atomic mass is 10.1. The second-order valence-corrected chi connectivity index (χ2v) is 6.85. The monoisotopic (exact) mass is 392 g/mol. The molecule has 0 bridgehead atoms. The number of nitrogens with one attached hydrogen (secondary N) is 1. The first kappa shape index (κ1) is 17.0. The van der Waals surface area contributed by atoms with E-state index >= 15 is 0 Å². The van der Waals surface area contributed by atoms with E-state index in [0.717, 1.165) is 0 Å². The van der Waals surface area contributed by atoms with Crippen molar-refractivity contribution in [3.05, 3.63) is 46.4 Å². The average Bonchev–Trinajstić information content (AvgIpc) is 3.21. The summed E-state index contributed by atoms with van der Waals surface area (Å²) >= 11 is 12.4. The van der Waals surface area contributed by atoms with Crippen molar-refractivity contribution in [1.29, 1.82) is 0 Å². The van der Waals surface area contributed by atoms with Crippen LogP contribution in [0.2, 0.25) is 10.0 Å². The number of para-hydroxylation sites is 1. The molecule has 1 saturated heterocycles. The zero-order chi connectivity index (χ0) is 18.3. The van der Waals surface area contributed by atoms with Crippen molar-refractivity contribution in [1.82, 2.24) is 0 Å². The SMILES string of the molecule is O=C(Nc1ccc2c(c1)OCO2)C1CC(=O)N(c2c(Cl)cccc2Cl)C1. The maximum Gasteiger partial charge on any atom is 0.231 e. The maximum atomic E-state index is 12.6. The number of halogens is 2. The number of carbonyl (C=O) groups is 2. The maximum absolute atomic E-state index is 12.6. The van der Waals surface area contributed by atoms with E-state index in [1.165, 1.54) is 4.90 Å². The molecular formula is C18H14Cl2N2O4. The number of benzene rings is 2. The van der Waals surface area contributed by atoms with Crippen molar-refractivity contribution in [2.75, 3.05) is 23.6 Å². The lowest BCUT2D eigenvalue weighted by Gasteiger charge is -2.19. The number of fused-ring (bicyclic) bond motifs is 1. The highest BCUT2D eigenvalue weighted by Crippen LogP contribution is 2.38. The average molecular weight is 393 g/mol. The van der Waals surface area contributed by atoms with Gasteiger partial charge in [0.05, 0.1) is 21.7 Å². The summed E-state index contributed by atoms with van der Waals surface area (Å²) in [5.41, 5.74) is 1.03. The van der Waals surface area contributed by atoms with Crippen LogP contribution in [-0.2, 0) is 9.59 Å². The third kappa shape index (κ3) is 3.06. The van der Waals surface area contributed by atoms with Gasteiger partial charge in [-0.15, -0.1) is 0 Å². The minimum Gasteiger partial charge on any atom is -0.454 e. The van der Waals surface area contributed by atoms with Gasteiger partial charge in [-0.25, -0.2) is 0 Å². The number of ether oxygens (including phenoxy) is 2. The molecule has 2 aliphatic heterocycles. The molecule has 2 aromatic carbocycles. The van der Waals surface area contributed by atoms with E-state index < -0.39 is 5.92 Å².